The molecule has 3 rings (SSSR count). The number of hydrogen-bond donors (Lipinski definition) is 0. The van der Waals surface area contributed by atoms with Crippen molar-refractivity contribution in [2.75, 3.05) is 0 Å². The number of rotatable bonds is 3. The van der Waals surface area contributed by atoms with Gasteiger partial charge in [0.25, 0.3) is 0 Å². The van der Waals surface area contributed by atoms with Crippen LogP contribution in [0.15, 0.2) is 65.6 Å². The van der Waals surface area contributed by atoms with E-state index in [1.165, 1.54) is 0 Å². The lowest BCUT2D eigenvalue weighted by Crippen LogP contribution is -2.25. The average Bonchev–Trinajstić information content (AvgIpc) is 2.90. The third-order valence-corrected chi connectivity index (χ3v) is 4.39. The minimum atomic E-state index is 0.0818. The number of likely N-dealkylation sites (tertiary alicyclic amines) is 1. The van der Waals surface area contributed by atoms with E-state index in [0.717, 1.165) is 27.7 Å². The predicted molar refractivity (Wildman–Crippen MR) is 88.4 cm³/mol. The molecule has 1 aliphatic rings. The van der Waals surface area contributed by atoms with Crippen molar-refractivity contribution >= 4 is 27.5 Å². The first-order valence-electron chi connectivity index (χ1n) is 6.98. The molecule has 1 fully saturated rings. The Labute approximate surface area is 133 Å². The number of hydrogen-bond acceptors (Lipinski definition) is 1. The number of nitrogens with zero attached hydrogens (tertiary/aromatic N) is 1. The zero-order valence-corrected chi connectivity index (χ0v) is 13.2. The molecule has 1 amide bonds. The fourth-order valence-electron chi connectivity index (χ4n) is 2.79. The maximum Gasteiger partial charge on any atom is 0.227 e. The summed E-state index contributed by atoms with van der Waals surface area (Å²) in [5.74, 6) is 0.150. The van der Waals surface area contributed by atoms with Crippen molar-refractivity contribution in [1.29, 1.82) is 0 Å². The SMILES string of the molecule is C=C(c1ccccc1)N1C(=O)CCC1c1ccc(Br)cc1. The standard InChI is InChI=1S/C18H16BrNO/c1-13(14-5-3-2-4-6-14)20-17(11-12-18(20)21)15-7-9-16(19)10-8-15/h2-10,17H,1,11-12H2. The molecule has 1 atom stereocenters. The van der Waals surface area contributed by atoms with Crippen LogP contribution in [0.25, 0.3) is 5.70 Å². The van der Waals surface area contributed by atoms with Gasteiger partial charge in [-0.3, -0.25) is 4.79 Å². The molecule has 0 aromatic heterocycles. The molecule has 0 N–H and O–H groups in total. The van der Waals surface area contributed by atoms with Gasteiger partial charge >= 0.3 is 0 Å². The molecule has 0 aliphatic carbocycles. The first-order valence-corrected chi connectivity index (χ1v) is 7.78. The molecule has 3 heteroatoms. The maximum absolute atomic E-state index is 12.3. The summed E-state index contributed by atoms with van der Waals surface area (Å²) in [7, 11) is 0. The highest BCUT2D eigenvalue weighted by molar-refractivity contribution is 9.10. The Kier molecular flexibility index (Phi) is 3.93. The number of benzene rings is 2. The van der Waals surface area contributed by atoms with E-state index in [-0.39, 0.29) is 11.9 Å². The van der Waals surface area contributed by atoms with Crippen LogP contribution in [0.3, 0.4) is 0 Å². The molecule has 0 bridgehead atoms. The summed E-state index contributed by atoms with van der Waals surface area (Å²) in [4.78, 5) is 14.1. The Morgan fingerprint density at radius 3 is 2.43 bits per heavy atom. The van der Waals surface area contributed by atoms with Crippen LogP contribution in [0.5, 0.6) is 0 Å². The molecule has 106 valence electrons. The van der Waals surface area contributed by atoms with Crippen LogP contribution in [-0.4, -0.2) is 10.8 Å². The summed E-state index contributed by atoms with van der Waals surface area (Å²) in [5, 5.41) is 0. The number of halogens is 1. The highest BCUT2D eigenvalue weighted by atomic mass is 79.9. The number of carbonyl (C=O) groups excluding carboxylic acids is 1. The summed E-state index contributed by atoms with van der Waals surface area (Å²) in [6.07, 6.45) is 1.42. The summed E-state index contributed by atoms with van der Waals surface area (Å²) >= 11 is 3.45. The Hall–Kier alpha value is -1.87. The van der Waals surface area contributed by atoms with Gasteiger partial charge in [-0.1, -0.05) is 65.0 Å². The Balaban J connectivity index is 1.93. The predicted octanol–water partition coefficient (Wildman–Crippen LogP) is 4.78. The lowest BCUT2D eigenvalue weighted by Gasteiger charge is -2.27. The van der Waals surface area contributed by atoms with E-state index in [1.807, 2.05) is 47.4 Å². The second-order valence-electron chi connectivity index (χ2n) is 5.18. The van der Waals surface area contributed by atoms with Crippen molar-refractivity contribution in [2.45, 2.75) is 18.9 Å². The van der Waals surface area contributed by atoms with Crippen LogP contribution in [0, 0.1) is 0 Å². The summed E-state index contributed by atoms with van der Waals surface area (Å²) in [6, 6.07) is 18.1. The molecule has 1 unspecified atom stereocenters. The fourth-order valence-corrected chi connectivity index (χ4v) is 3.06. The van der Waals surface area contributed by atoms with E-state index >= 15 is 0 Å². The van der Waals surface area contributed by atoms with Crippen molar-refractivity contribution in [3.8, 4) is 0 Å². The highest BCUT2D eigenvalue weighted by Gasteiger charge is 2.34. The third kappa shape index (κ3) is 2.79. The molecule has 1 aliphatic heterocycles. The molecular formula is C18H16BrNO. The number of amides is 1. The topological polar surface area (TPSA) is 20.3 Å². The van der Waals surface area contributed by atoms with Crippen molar-refractivity contribution in [2.24, 2.45) is 0 Å². The lowest BCUT2D eigenvalue weighted by atomic mass is 10.0. The van der Waals surface area contributed by atoms with Crippen LogP contribution < -0.4 is 0 Å². The number of carbonyl (C=O) groups is 1. The Morgan fingerprint density at radius 1 is 1.10 bits per heavy atom. The van der Waals surface area contributed by atoms with Crippen molar-refractivity contribution in [1.82, 2.24) is 4.90 Å². The largest absolute Gasteiger partial charge is 0.305 e. The van der Waals surface area contributed by atoms with Crippen LogP contribution in [-0.2, 0) is 4.79 Å². The van der Waals surface area contributed by atoms with Crippen LogP contribution in [0.2, 0.25) is 0 Å². The minimum Gasteiger partial charge on any atom is -0.305 e. The minimum absolute atomic E-state index is 0.0818. The quantitative estimate of drug-likeness (QED) is 0.786. The molecule has 1 saturated heterocycles. The van der Waals surface area contributed by atoms with Gasteiger partial charge < -0.3 is 4.90 Å². The third-order valence-electron chi connectivity index (χ3n) is 3.86. The summed E-state index contributed by atoms with van der Waals surface area (Å²) in [6.45, 7) is 4.15. The van der Waals surface area contributed by atoms with Crippen molar-refractivity contribution < 1.29 is 4.79 Å². The van der Waals surface area contributed by atoms with Crippen molar-refractivity contribution in [3.63, 3.8) is 0 Å². The molecule has 2 aromatic carbocycles. The van der Waals surface area contributed by atoms with E-state index in [4.69, 9.17) is 0 Å². The maximum atomic E-state index is 12.3. The second kappa shape index (κ2) is 5.86. The van der Waals surface area contributed by atoms with Gasteiger partial charge in [0.2, 0.25) is 5.91 Å². The normalized spacial score (nSPS) is 18.0. The smallest absolute Gasteiger partial charge is 0.227 e. The molecule has 1 heterocycles. The van der Waals surface area contributed by atoms with Gasteiger partial charge in [0.05, 0.1) is 6.04 Å². The molecule has 0 spiro atoms. The van der Waals surface area contributed by atoms with Gasteiger partial charge in [-0.25, -0.2) is 0 Å². The Bertz CT molecular complexity index is 663. The zero-order valence-electron chi connectivity index (χ0n) is 11.6. The summed E-state index contributed by atoms with van der Waals surface area (Å²) in [5.41, 5.74) is 2.93. The van der Waals surface area contributed by atoms with Gasteiger partial charge in [0.1, 0.15) is 0 Å². The van der Waals surface area contributed by atoms with E-state index in [1.54, 1.807) is 0 Å². The first kappa shape index (κ1) is 14.1. The van der Waals surface area contributed by atoms with Crippen LogP contribution in [0.1, 0.15) is 30.0 Å². The van der Waals surface area contributed by atoms with Gasteiger partial charge in [-0.05, 0) is 29.7 Å². The monoisotopic (exact) mass is 341 g/mol. The molecule has 2 nitrogen and oxygen atoms in total. The molecule has 2 aromatic rings. The van der Waals surface area contributed by atoms with E-state index in [2.05, 4.69) is 34.6 Å². The first-order chi connectivity index (χ1) is 10.2. The average molecular weight is 342 g/mol. The van der Waals surface area contributed by atoms with E-state index in [9.17, 15) is 4.79 Å². The zero-order chi connectivity index (χ0) is 14.8. The van der Waals surface area contributed by atoms with Gasteiger partial charge in [-0.15, -0.1) is 0 Å². The van der Waals surface area contributed by atoms with Gasteiger partial charge in [-0.2, -0.15) is 0 Å². The molecular weight excluding hydrogens is 326 g/mol. The van der Waals surface area contributed by atoms with E-state index < -0.39 is 0 Å². The lowest BCUT2D eigenvalue weighted by molar-refractivity contribution is -0.125. The fraction of sp³-hybridized carbons (Fsp3) is 0.167. The van der Waals surface area contributed by atoms with E-state index in [0.29, 0.717) is 6.42 Å². The Morgan fingerprint density at radius 2 is 1.76 bits per heavy atom. The van der Waals surface area contributed by atoms with Crippen LogP contribution >= 0.6 is 15.9 Å². The van der Waals surface area contributed by atoms with Gasteiger partial charge in [0.15, 0.2) is 0 Å². The molecule has 21 heavy (non-hydrogen) atoms. The molecule has 0 saturated carbocycles. The van der Waals surface area contributed by atoms with Crippen LogP contribution in [0.4, 0.5) is 0 Å². The van der Waals surface area contributed by atoms with Crippen molar-refractivity contribution in [3.05, 3.63) is 76.8 Å². The molecule has 0 radical (unpaired) electrons. The van der Waals surface area contributed by atoms with Gasteiger partial charge in [0, 0.05) is 16.6 Å². The second-order valence-corrected chi connectivity index (χ2v) is 6.10. The highest BCUT2D eigenvalue weighted by Crippen LogP contribution is 2.38. The summed E-state index contributed by atoms with van der Waals surface area (Å²) < 4.78 is 1.05.